The van der Waals surface area contributed by atoms with Crippen molar-refractivity contribution in [3.63, 3.8) is 0 Å². The van der Waals surface area contributed by atoms with Crippen LogP contribution in [-0.4, -0.2) is 48.7 Å². The molecule has 1 unspecified atom stereocenters. The molecule has 0 saturated carbocycles. The van der Waals surface area contributed by atoms with Gasteiger partial charge in [0.2, 0.25) is 8.53 Å². The van der Waals surface area contributed by atoms with E-state index in [0.717, 1.165) is 22.4 Å². The summed E-state index contributed by atoms with van der Waals surface area (Å²) in [5.41, 5.74) is 3.87. The van der Waals surface area contributed by atoms with Gasteiger partial charge in [-0.2, -0.15) is 0 Å². The molecular formula is C9H14N3O6PS. The fraction of sp³-hybridized carbons (Fsp3) is 0.556. The van der Waals surface area contributed by atoms with Gasteiger partial charge < -0.3 is 19.6 Å². The SMILES string of the molecule is NP(O)OC[C@H]1S[C@@H](n2ccc(=O)[nH]c2=O)[C@H](O)[C@@H]1O. The average Bonchev–Trinajstić information content (AvgIpc) is 2.64. The predicted molar refractivity (Wildman–Crippen MR) is 73.0 cm³/mol. The van der Waals surface area contributed by atoms with Crippen LogP contribution in [0.5, 0.6) is 0 Å². The van der Waals surface area contributed by atoms with Gasteiger partial charge in [0, 0.05) is 12.3 Å². The van der Waals surface area contributed by atoms with Gasteiger partial charge in [-0.05, 0) is 0 Å². The van der Waals surface area contributed by atoms with Gasteiger partial charge in [-0.25, -0.2) is 4.79 Å². The third-order valence-corrected chi connectivity index (χ3v) is 4.80. The van der Waals surface area contributed by atoms with E-state index in [4.69, 9.17) is 14.9 Å². The van der Waals surface area contributed by atoms with Crippen molar-refractivity contribution >= 4 is 20.3 Å². The molecular weight excluding hydrogens is 309 g/mol. The topological polar surface area (TPSA) is 151 Å². The van der Waals surface area contributed by atoms with Crippen LogP contribution in [0.2, 0.25) is 0 Å². The summed E-state index contributed by atoms with van der Waals surface area (Å²) < 4.78 is 5.97. The molecule has 1 saturated heterocycles. The lowest BCUT2D eigenvalue weighted by Gasteiger charge is -2.17. The van der Waals surface area contributed by atoms with Crippen LogP contribution in [0.1, 0.15) is 5.37 Å². The normalized spacial score (nSPS) is 31.4. The zero-order valence-electron chi connectivity index (χ0n) is 10.1. The third kappa shape index (κ3) is 3.29. The van der Waals surface area contributed by atoms with Crippen LogP contribution in [0.4, 0.5) is 0 Å². The Balaban J connectivity index is 2.17. The van der Waals surface area contributed by atoms with E-state index in [2.05, 4.69) is 4.98 Å². The van der Waals surface area contributed by atoms with Gasteiger partial charge in [-0.3, -0.25) is 19.8 Å². The molecule has 1 aliphatic rings. The highest BCUT2D eigenvalue weighted by molar-refractivity contribution is 8.00. The van der Waals surface area contributed by atoms with Gasteiger partial charge in [0.25, 0.3) is 5.56 Å². The van der Waals surface area contributed by atoms with Gasteiger partial charge in [0.05, 0.1) is 18.0 Å². The van der Waals surface area contributed by atoms with E-state index in [-0.39, 0.29) is 6.61 Å². The standard InChI is InChI=1S/C9H14N3O6PS/c10-19(17)18-3-4-6(14)7(15)8(20-4)12-2-1-5(13)11-9(12)16/h1-2,4,6-8,14-15,17H,3,10H2,(H,11,13,16)/t4-,6-,7-,8-,19?/m1/s1. The smallest absolute Gasteiger partial charge is 0.329 e. The summed E-state index contributed by atoms with van der Waals surface area (Å²) in [4.78, 5) is 33.6. The molecule has 0 bridgehead atoms. The molecule has 2 heterocycles. The zero-order chi connectivity index (χ0) is 14.9. The maximum Gasteiger partial charge on any atom is 0.329 e. The number of hydrogen-bond donors (Lipinski definition) is 5. The fourth-order valence-corrected chi connectivity index (χ4v) is 3.73. The number of aromatic nitrogens is 2. The summed E-state index contributed by atoms with van der Waals surface area (Å²) in [6, 6.07) is 1.15. The van der Waals surface area contributed by atoms with Crippen LogP contribution < -0.4 is 16.8 Å². The van der Waals surface area contributed by atoms with E-state index >= 15 is 0 Å². The maximum absolute atomic E-state index is 11.7. The number of aliphatic hydroxyl groups is 2. The highest BCUT2D eigenvalue weighted by Crippen LogP contribution is 2.42. The lowest BCUT2D eigenvalue weighted by Crippen LogP contribution is -2.37. The van der Waals surface area contributed by atoms with Crippen molar-refractivity contribution < 1.29 is 19.6 Å². The third-order valence-electron chi connectivity index (χ3n) is 2.83. The minimum Gasteiger partial charge on any atom is -0.389 e. The predicted octanol–water partition coefficient (Wildman–Crippen LogP) is -1.93. The summed E-state index contributed by atoms with van der Waals surface area (Å²) in [7, 11) is -2.05. The van der Waals surface area contributed by atoms with Crippen LogP contribution in [0.3, 0.4) is 0 Å². The molecule has 11 heteroatoms. The quantitative estimate of drug-likeness (QED) is 0.402. The van der Waals surface area contributed by atoms with Gasteiger partial charge >= 0.3 is 5.69 Å². The van der Waals surface area contributed by atoms with Gasteiger partial charge in [-0.15, -0.1) is 11.8 Å². The minimum atomic E-state index is -2.05. The number of thioether (sulfide) groups is 1. The van der Waals surface area contributed by atoms with Crippen LogP contribution in [0.15, 0.2) is 21.9 Å². The Bertz CT molecular complexity index is 577. The molecule has 1 fully saturated rings. The summed E-state index contributed by atoms with van der Waals surface area (Å²) >= 11 is 1.10. The Morgan fingerprint density at radius 3 is 2.75 bits per heavy atom. The van der Waals surface area contributed by atoms with E-state index in [0.29, 0.717) is 0 Å². The molecule has 20 heavy (non-hydrogen) atoms. The molecule has 0 radical (unpaired) electrons. The molecule has 2 rings (SSSR count). The summed E-state index contributed by atoms with van der Waals surface area (Å²) in [5.74, 6) is 0. The summed E-state index contributed by atoms with van der Waals surface area (Å²) in [6.07, 6.45) is -1.10. The van der Waals surface area contributed by atoms with Crippen molar-refractivity contribution in [2.24, 2.45) is 5.50 Å². The lowest BCUT2D eigenvalue weighted by atomic mass is 10.1. The Labute approximate surface area is 118 Å². The molecule has 0 amide bonds. The van der Waals surface area contributed by atoms with Crippen molar-refractivity contribution in [3.8, 4) is 0 Å². The second-order valence-corrected chi connectivity index (χ2v) is 6.39. The van der Waals surface area contributed by atoms with Crippen molar-refractivity contribution in [2.45, 2.75) is 22.8 Å². The largest absolute Gasteiger partial charge is 0.389 e. The number of nitrogens with one attached hydrogen (secondary N) is 1. The number of nitrogens with two attached hydrogens (primary N) is 1. The van der Waals surface area contributed by atoms with Crippen molar-refractivity contribution in [3.05, 3.63) is 33.1 Å². The highest BCUT2D eigenvalue weighted by Gasteiger charge is 2.43. The van der Waals surface area contributed by atoms with E-state index in [1.54, 1.807) is 0 Å². The number of hydrogen-bond acceptors (Lipinski definition) is 8. The molecule has 0 aliphatic carbocycles. The summed E-state index contributed by atoms with van der Waals surface area (Å²) in [5, 5.41) is 18.6. The first-order valence-electron chi connectivity index (χ1n) is 5.60. The van der Waals surface area contributed by atoms with Crippen LogP contribution in [0.25, 0.3) is 0 Å². The Hall–Kier alpha value is -0.740. The molecule has 5 atom stereocenters. The first kappa shape index (κ1) is 15.6. The monoisotopic (exact) mass is 323 g/mol. The Kier molecular flexibility index (Phi) is 4.97. The number of nitrogens with zero attached hydrogens (tertiary/aromatic N) is 1. The van der Waals surface area contributed by atoms with E-state index in [1.807, 2.05) is 0 Å². The molecule has 0 spiro atoms. The van der Waals surface area contributed by atoms with E-state index < -0.39 is 42.6 Å². The van der Waals surface area contributed by atoms with Crippen molar-refractivity contribution in [2.75, 3.05) is 6.61 Å². The second kappa shape index (κ2) is 6.35. The highest BCUT2D eigenvalue weighted by atomic mass is 32.2. The second-order valence-electron chi connectivity index (χ2n) is 4.16. The van der Waals surface area contributed by atoms with Gasteiger partial charge in [-0.1, -0.05) is 0 Å². The van der Waals surface area contributed by atoms with Crippen molar-refractivity contribution in [1.29, 1.82) is 0 Å². The molecule has 1 aliphatic heterocycles. The van der Waals surface area contributed by atoms with Gasteiger partial charge in [0.15, 0.2) is 0 Å². The van der Waals surface area contributed by atoms with E-state index in [9.17, 15) is 19.8 Å². The number of aromatic amines is 1. The molecule has 1 aromatic rings. The van der Waals surface area contributed by atoms with Crippen molar-refractivity contribution in [1.82, 2.24) is 9.55 Å². The van der Waals surface area contributed by atoms with E-state index in [1.165, 1.54) is 6.20 Å². The fourth-order valence-electron chi connectivity index (χ4n) is 1.87. The molecule has 0 aromatic carbocycles. The van der Waals surface area contributed by atoms with Crippen LogP contribution in [-0.2, 0) is 4.52 Å². The number of rotatable bonds is 4. The first-order valence-corrected chi connectivity index (χ1v) is 7.82. The lowest BCUT2D eigenvalue weighted by molar-refractivity contribution is 0.0117. The average molecular weight is 323 g/mol. The number of H-pyrrole nitrogens is 1. The summed E-state index contributed by atoms with van der Waals surface area (Å²) in [6.45, 7) is -0.0593. The molecule has 112 valence electrons. The van der Waals surface area contributed by atoms with Crippen LogP contribution in [0, 0.1) is 0 Å². The first-order chi connectivity index (χ1) is 9.40. The maximum atomic E-state index is 11.7. The number of aliphatic hydroxyl groups excluding tert-OH is 2. The molecule has 9 nitrogen and oxygen atoms in total. The molecule has 1 aromatic heterocycles. The Morgan fingerprint density at radius 1 is 1.45 bits per heavy atom. The molecule has 6 N–H and O–H groups in total. The zero-order valence-corrected chi connectivity index (χ0v) is 11.8. The Morgan fingerprint density at radius 2 is 2.15 bits per heavy atom. The van der Waals surface area contributed by atoms with Gasteiger partial charge in [0.1, 0.15) is 11.5 Å². The van der Waals surface area contributed by atoms with Crippen LogP contribution >= 0.6 is 20.3 Å². The minimum absolute atomic E-state index is 0.0593.